The number of halogens is 1. The fraction of sp³-hybridized carbons (Fsp3) is 0.588. The van der Waals surface area contributed by atoms with Gasteiger partial charge in [0.1, 0.15) is 0 Å². The van der Waals surface area contributed by atoms with Crippen LogP contribution in [0.4, 0.5) is 4.79 Å². The van der Waals surface area contributed by atoms with Crippen molar-refractivity contribution in [2.75, 3.05) is 19.6 Å². The smallest absolute Gasteiger partial charge is 0.317 e. The van der Waals surface area contributed by atoms with Crippen molar-refractivity contribution in [3.8, 4) is 0 Å². The summed E-state index contributed by atoms with van der Waals surface area (Å²) >= 11 is 5.93. The molecule has 1 aliphatic heterocycles. The molecule has 3 nitrogen and oxygen atoms in total. The fourth-order valence-electron chi connectivity index (χ4n) is 2.62. The highest BCUT2D eigenvalue weighted by Gasteiger charge is 2.24. The molecule has 1 aromatic rings. The average Bonchev–Trinajstić information content (AvgIpc) is 2.46. The van der Waals surface area contributed by atoms with Crippen LogP contribution in [0.25, 0.3) is 0 Å². The standard InChI is InChI=1S/C17H25ClN2O/c1-13-8-10-20(11-9-13)16(21)19-12-17(2,3)14-4-6-15(18)7-5-14/h4-7,13H,8-12H2,1-3H3,(H,19,21). The van der Waals surface area contributed by atoms with Crippen LogP contribution in [0.15, 0.2) is 24.3 Å². The quantitative estimate of drug-likeness (QED) is 0.897. The number of benzene rings is 1. The summed E-state index contributed by atoms with van der Waals surface area (Å²) in [6.45, 7) is 8.88. The first kappa shape index (κ1) is 16.2. The zero-order chi connectivity index (χ0) is 15.5. The second-order valence-electron chi connectivity index (χ2n) is 6.72. The van der Waals surface area contributed by atoms with Gasteiger partial charge in [0.2, 0.25) is 0 Å². The van der Waals surface area contributed by atoms with Crippen LogP contribution in [0, 0.1) is 5.92 Å². The van der Waals surface area contributed by atoms with E-state index in [9.17, 15) is 4.79 Å². The summed E-state index contributed by atoms with van der Waals surface area (Å²) in [6.07, 6.45) is 2.21. The van der Waals surface area contributed by atoms with Gasteiger partial charge in [-0.25, -0.2) is 4.79 Å². The maximum absolute atomic E-state index is 12.2. The minimum absolute atomic E-state index is 0.0592. The number of urea groups is 1. The van der Waals surface area contributed by atoms with E-state index in [1.54, 1.807) is 0 Å². The summed E-state index contributed by atoms with van der Waals surface area (Å²) in [7, 11) is 0. The van der Waals surface area contributed by atoms with Crippen molar-refractivity contribution in [3.63, 3.8) is 0 Å². The third-order valence-electron chi connectivity index (χ3n) is 4.38. The lowest BCUT2D eigenvalue weighted by Crippen LogP contribution is -2.47. The number of amides is 2. The van der Waals surface area contributed by atoms with E-state index in [1.165, 1.54) is 5.56 Å². The molecule has 1 aliphatic rings. The zero-order valence-electron chi connectivity index (χ0n) is 13.2. The molecule has 2 rings (SSSR count). The van der Waals surface area contributed by atoms with Gasteiger partial charge in [0.15, 0.2) is 0 Å². The molecular formula is C17H25ClN2O. The van der Waals surface area contributed by atoms with Gasteiger partial charge < -0.3 is 10.2 Å². The summed E-state index contributed by atoms with van der Waals surface area (Å²) in [5.74, 6) is 0.736. The Kier molecular flexibility index (Phi) is 5.15. The minimum atomic E-state index is -0.108. The normalized spacial score (nSPS) is 16.9. The lowest BCUT2D eigenvalue weighted by molar-refractivity contribution is 0.172. The molecule has 1 aromatic carbocycles. The summed E-state index contributed by atoms with van der Waals surface area (Å²) in [4.78, 5) is 14.2. The first-order chi connectivity index (χ1) is 9.88. The molecule has 0 aliphatic carbocycles. The zero-order valence-corrected chi connectivity index (χ0v) is 13.9. The number of hydrogen-bond donors (Lipinski definition) is 1. The number of likely N-dealkylation sites (tertiary alicyclic amines) is 1. The number of hydrogen-bond acceptors (Lipinski definition) is 1. The molecule has 0 saturated carbocycles. The number of carbonyl (C=O) groups is 1. The van der Waals surface area contributed by atoms with Gasteiger partial charge in [-0.1, -0.05) is 44.5 Å². The first-order valence-electron chi connectivity index (χ1n) is 7.67. The fourth-order valence-corrected chi connectivity index (χ4v) is 2.75. The Bertz CT molecular complexity index is 476. The van der Waals surface area contributed by atoms with Gasteiger partial charge in [0.05, 0.1) is 0 Å². The van der Waals surface area contributed by atoms with Crippen LogP contribution in [0.1, 0.15) is 39.2 Å². The Morgan fingerprint density at radius 1 is 1.29 bits per heavy atom. The second kappa shape index (κ2) is 6.69. The Labute approximate surface area is 132 Å². The molecule has 2 amide bonds. The molecule has 0 bridgehead atoms. The van der Waals surface area contributed by atoms with Crippen molar-refractivity contribution in [2.24, 2.45) is 5.92 Å². The molecule has 0 spiro atoms. The maximum Gasteiger partial charge on any atom is 0.317 e. The topological polar surface area (TPSA) is 32.3 Å². The summed E-state index contributed by atoms with van der Waals surface area (Å²) in [5, 5.41) is 3.81. The van der Waals surface area contributed by atoms with Crippen molar-refractivity contribution in [1.29, 1.82) is 0 Å². The molecule has 0 unspecified atom stereocenters. The minimum Gasteiger partial charge on any atom is -0.337 e. The van der Waals surface area contributed by atoms with E-state index in [2.05, 4.69) is 26.1 Å². The number of carbonyl (C=O) groups excluding carboxylic acids is 1. The molecule has 4 heteroatoms. The first-order valence-corrected chi connectivity index (χ1v) is 8.05. The van der Waals surface area contributed by atoms with Crippen LogP contribution >= 0.6 is 11.6 Å². The average molecular weight is 309 g/mol. The number of nitrogens with zero attached hydrogens (tertiary/aromatic N) is 1. The molecular weight excluding hydrogens is 284 g/mol. The van der Waals surface area contributed by atoms with Crippen LogP contribution in [-0.4, -0.2) is 30.6 Å². The Morgan fingerprint density at radius 2 is 1.86 bits per heavy atom. The second-order valence-corrected chi connectivity index (χ2v) is 7.16. The molecule has 21 heavy (non-hydrogen) atoms. The third kappa shape index (κ3) is 4.37. The molecule has 0 radical (unpaired) electrons. The highest BCUT2D eigenvalue weighted by Crippen LogP contribution is 2.24. The van der Waals surface area contributed by atoms with E-state index in [1.807, 2.05) is 29.2 Å². The SMILES string of the molecule is CC1CCN(C(=O)NCC(C)(C)c2ccc(Cl)cc2)CC1. The van der Waals surface area contributed by atoms with Gasteiger partial charge in [-0.05, 0) is 36.5 Å². The van der Waals surface area contributed by atoms with E-state index >= 15 is 0 Å². The summed E-state index contributed by atoms with van der Waals surface area (Å²) in [6, 6.07) is 7.90. The Morgan fingerprint density at radius 3 is 2.43 bits per heavy atom. The van der Waals surface area contributed by atoms with Gasteiger partial charge >= 0.3 is 6.03 Å². The monoisotopic (exact) mass is 308 g/mol. The maximum atomic E-state index is 12.2. The van der Waals surface area contributed by atoms with Crippen LogP contribution in [0.3, 0.4) is 0 Å². The molecule has 1 heterocycles. The predicted molar refractivity (Wildman–Crippen MR) is 87.8 cm³/mol. The molecule has 1 saturated heterocycles. The van der Waals surface area contributed by atoms with Gasteiger partial charge in [0, 0.05) is 30.1 Å². The third-order valence-corrected chi connectivity index (χ3v) is 4.63. The van der Waals surface area contributed by atoms with Crippen LogP contribution < -0.4 is 5.32 Å². The number of nitrogens with one attached hydrogen (secondary N) is 1. The van der Waals surface area contributed by atoms with Crippen molar-refractivity contribution >= 4 is 17.6 Å². The van der Waals surface area contributed by atoms with E-state index in [0.29, 0.717) is 6.54 Å². The Balaban J connectivity index is 1.89. The van der Waals surface area contributed by atoms with Gasteiger partial charge in [0.25, 0.3) is 0 Å². The van der Waals surface area contributed by atoms with Crippen molar-refractivity contribution in [3.05, 3.63) is 34.9 Å². The number of rotatable bonds is 3. The van der Waals surface area contributed by atoms with Gasteiger partial charge in [-0.15, -0.1) is 0 Å². The molecule has 1 fully saturated rings. The van der Waals surface area contributed by atoms with E-state index in [-0.39, 0.29) is 11.4 Å². The number of piperidine rings is 1. The van der Waals surface area contributed by atoms with Crippen LogP contribution in [-0.2, 0) is 5.41 Å². The van der Waals surface area contributed by atoms with Gasteiger partial charge in [-0.3, -0.25) is 0 Å². The Hall–Kier alpha value is -1.22. The molecule has 116 valence electrons. The largest absolute Gasteiger partial charge is 0.337 e. The predicted octanol–water partition coefficient (Wildman–Crippen LogP) is 4.06. The van der Waals surface area contributed by atoms with Crippen molar-refractivity contribution in [2.45, 2.75) is 39.0 Å². The lowest BCUT2D eigenvalue weighted by Gasteiger charge is -2.32. The van der Waals surface area contributed by atoms with Crippen LogP contribution in [0.2, 0.25) is 5.02 Å². The van der Waals surface area contributed by atoms with Crippen molar-refractivity contribution in [1.82, 2.24) is 10.2 Å². The molecule has 0 aromatic heterocycles. The van der Waals surface area contributed by atoms with E-state index in [0.717, 1.165) is 36.9 Å². The lowest BCUT2D eigenvalue weighted by atomic mass is 9.84. The highest BCUT2D eigenvalue weighted by molar-refractivity contribution is 6.30. The highest BCUT2D eigenvalue weighted by atomic mass is 35.5. The molecule has 0 atom stereocenters. The summed E-state index contributed by atoms with van der Waals surface area (Å²) in [5.41, 5.74) is 1.07. The van der Waals surface area contributed by atoms with E-state index in [4.69, 9.17) is 11.6 Å². The van der Waals surface area contributed by atoms with E-state index < -0.39 is 0 Å². The van der Waals surface area contributed by atoms with Crippen LogP contribution in [0.5, 0.6) is 0 Å². The van der Waals surface area contributed by atoms with Gasteiger partial charge in [-0.2, -0.15) is 0 Å². The molecule has 1 N–H and O–H groups in total. The summed E-state index contributed by atoms with van der Waals surface area (Å²) < 4.78 is 0. The van der Waals surface area contributed by atoms with Crippen molar-refractivity contribution < 1.29 is 4.79 Å².